The molecule has 1 unspecified atom stereocenters. The second kappa shape index (κ2) is 7.43. The molecule has 1 N–H and O–H groups in total. The van der Waals surface area contributed by atoms with Crippen LogP contribution in [0.3, 0.4) is 0 Å². The molecule has 9 nitrogen and oxygen atoms in total. The molecular formula is C19H19F3N8OS. The largest absolute Gasteiger partial charge is 0.276 e. The van der Waals surface area contributed by atoms with Crippen LogP contribution in [-0.2, 0) is 23.3 Å². The number of aromatic nitrogens is 7. The summed E-state index contributed by atoms with van der Waals surface area (Å²) in [6, 6.07) is 3.08. The Morgan fingerprint density at radius 3 is 2.75 bits per heavy atom. The van der Waals surface area contributed by atoms with Crippen LogP contribution in [0.5, 0.6) is 0 Å². The van der Waals surface area contributed by atoms with E-state index in [0.29, 0.717) is 5.69 Å². The van der Waals surface area contributed by atoms with Crippen molar-refractivity contribution in [2.45, 2.75) is 31.1 Å². The van der Waals surface area contributed by atoms with Gasteiger partial charge in [-0.05, 0) is 25.0 Å². The van der Waals surface area contributed by atoms with E-state index in [1.54, 1.807) is 19.4 Å². The number of nitrogens with zero attached hydrogens (tertiary/aromatic N) is 7. The molecule has 5 rings (SSSR count). The minimum absolute atomic E-state index is 0.0684. The van der Waals surface area contributed by atoms with Crippen LogP contribution in [-0.4, -0.2) is 56.9 Å². The first-order valence-corrected chi connectivity index (χ1v) is 11.8. The lowest BCUT2D eigenvalue weighted by Gasteiger charge is -2.09. The highest BCUT2D eigenvalue weighted by Gasteiger charge is 2.31. The van der Waals surface area contributed by atoms with Crippen LogP contribution >= 0.6 is 0 Å². The molecule has 0 bridgehead atoms. The molecule has 0 amide bonds. The van der Waals surface area contributed by atoms with Gasteiger partial charge in [0.1, 0.15) is 34.7 Å². The van der Waals surface area contributed by atoms with Gasteiger partial charge in [0.05, 0.1) is 27.3 Å². The summed E-state index contributed by atoms with van der Waals surface area (Å²) >= 11 is 0. The Kier molecular flexibility index (Phi) is 4.80. The number of nitrogens with one attached hydrogen (secondary N) is 1. The van der Waals surface area contributed by atoms with Crippen molar-refractivity contribution < 1.29 is 17.4 Å². The monoisotopic (exact) mass is 464 g/mol. The number of hydrogen-bond donors (Lipinski definition) is 1. The molecule has 4 heterocycles. The van der Waals surface area contributed by atoms with E-state index in [-0.39, 0.29) is 39.1 Å². The maximum atomic E-state index is 14.5. The van der Waals surface area contributed by atoms with Crippen LogP contribution < -0.4 is 0 Å². The van der Waals surface area contributed by atoms with Gasteiger partial charge in [0.25, 0.3) is 6.43 Å². The molecular weight excluding hydrogens is 445 g/mol. The normalized spacial score (nSPS) is 16.1. The molecule has 13 heteroatoms. The van der Waals surface area contributed by atoms with Gasteiger partial charge in [-0.3, -0.25) is 14.5 Å². The highest BCUT2D eigenvalue weighted by molar-refractivity contribution is 7.93. The van der Waals surface area contributed by atoms with Crippen LogP contribution in [0.15, 0.2) is 28.9 Å². The van der Waals surface area contributed by atoms with E-state index in [1.165, 1.54) is 16.9 Å². The highest BCUT2D eigenvalue weighted by atomic mass is 32.2. The molecule has 1 aliphatic carbocycles. The molecule has 1 atom stereocenters. The van der Waals surface area contributed by atoms with E-state index in [2.05, 4.69) is 29.7 Å². The number of alkyl halides is 2. The van der Waals surface area contributed by atoms with Gasteiger partial charge in [0.15, 0.2) is 5.82 Å². The molecule has 32 heavy (non-hydrogen) atoms. The molecule has 0 spiro atoms. The van der Waals surface area contributed by atoms with Crippen molar-refractivity contribution in [2.75, 3.05) is 6.26 Å². The number of halogens is 3. The second-order valence-electron chi connectivity index (χ2n) is 7.73. The second-order valence-corrected chi connectivity index (χ2v) is 10.3. The summed E-state index contributed by atoms with van der Waals surface area (Å²) in [6.45, 7) is -0.706. The summed E-state index contributed by atoms with van der Waals surface area (Å²) in [4.78, 5) is 4.54. The number of fused-ring (bicyclic) bond motifs is 1. The number of aryl methyl sites for hydroxylation is 1. The third-order valence-corrected chi connectivity index (χ3v) is 7.57. The smallest absolute Gasteiger partial charge is 0.257 e. The average Bonchev–Trinajstić information content (AvgIpc) is 3.20. The number of H-pyrrole nitrogens is 1. The Labute approximate surface area is 180 Å². The standard InChI is InChI=1S/C19H19F3N8OS/c1-29-18(11(20)8-24-29)13-7-14(28-32(2,31)10-3-4-10)19-17(25-13)16(12-5-6-23-26-12)27-30(19)9-15(21)22/h5-8,10,15H,3-4,9H2,1-2H3,(H,23,26). The lowest BCUT2D eigenvalue weighted by atomic mass is 10.2. The summed E-state index contributed by atoms with van der Waals surface area (Å²) in [7, 11) is -1.09. The molecule has 168 valence electrons. The summed E-state index contributed by atoms with van der Waals surface area (Å²) < 4.78 is 61.3. The molecule has 0 aliphatic heterocycles. The molecule has 4 aromatic rings. The van der Waals surface area contributed by atoms with Crippen molar-refractivity contribution in [3.8, 4) is 22.8 Å². The Morgan fingerprint density at radius 1 is 1.38 bits per heavy atom. The molecule has 1 fully saturated rings. The highest BCUT2D eigenvalue weighted by Crippen LogP contribution is 2.38. The van der Waals surface area contributed by atoms with Crippen molar-refractivity contribution in [2.24, 2.45) is 11.4 Å². The SMILES string of the molecule is Cn1ncc(F)c1-c1cc(N=S(C)(=O)C2CC2)c2c(n1)c(-c1ccn[nH]1)nn2CC(F)F. The number of rotatable bonds is 6. The van der Waals surface area contributed by atoms with Gasteiger partial charge in [0, 0.05) is 24.8 Å². The minimum atomic E-state index is -2.69. The van der Waals surface area contributed by atoms with Crippen molar-refractivity contribution >= 4 is 26.4 Å². The average molecular weight is 464 g/mol. The van der Waals surface area contributed by atoms with Gasteiger partial charge < -0.3 is 0 Å². The van der Waals surface area contributed by atoms with Crippen LogP contribution in [0.2, 0.25) is 0 Å². The molecule has 0 aromatic carbocycles. The zero-order chi connectivity index (χ0) is 22.6. The Hall–Kier alpha value is -3.22. The first-order valence-electron chi connectivity index (χ1n) is 9.83. The summed E-state index contributed by atoms with van der Waals surface area (Å²) in [5, 5.41) is 14.8. The van der Waals surface area contributed by atoms with Crippen molar-refractivity contribution in [3.05, 3.63) is 30.3 Å². The quantitative estimate of drug-likeness (QED) is 0.470. The summed E-state index contributed by atoms with van der Waals surface area (Å²) in [5.74, 6) is -0.604. The predicted molar refractivity (Wildman–Crippen MR) is 112 cm³/mol. The Morgan fingerprint density at radius 2 is 2.16 bits per heavy atom. The third-order valence-electron chi connectivity index (χ3n) is 5.30. The van der Waals surface area contributed by atoms with Crippen LogP contribution in [0.1, 0.15) is 12.8 Å². The lowest BCUT2D eigenvalue weighted by molar-refractivity contribution is 0.123. The van der Waals surface area contributed by atoms with Gasteiger partial charge in [0.2, 0.25) is 0 Å². The fraction of sp³-hybridized carbons (Fsp3) is 0.368. The topological polar surface area (TPSA) is 107 Å². The molecule has 1 saturated carbocycles. The van der Waals surface area contributed by atoms with E-state index in [4.69, 9.17) is 0 Å². The Balaban J connectivity index is 1.87. The summed E-state index contributed by atoms with van der Waals surface area (Å²) in [6.07, 6.45) is 2.98. The van der Waals surface area contributed by atoms with Crippen molar-refractivity contribution in [1.82, 2.24) is 34.7 Å². The van der Waals surface area contributed by atoms with Crippen LogP contribution in [0.25, 0.3) is 33.8 Å². The number of hydrogen-bond acceptors (Lipinski definition) is 6. The summed E-state index contributed by atoms with van der Waals surface area (Å²) in [5.41, 5.74) is 1.57. The molecule has 0 radical (unpaired) electrons. The van der Waals surface area contributed by atoms with E-state index in [1.807, 2.05) is 0 Å². The van der Waals surface area contributed by atoms with Gasteiger partial charge >= 0.3 is 0 Å². The third kappa shape index (κ3) is 3.55. The van der Waals surface area contributed by atoms with E-state index >= 15 is 0 Å². The van der Waals surface area contributed by atoms with Gasteiger partial charge in [-0.15, -0.1) is 0 Å². The lowest BCUT2D eigenvalue weighted by Crippen LogP contribution is -2.09. The van der Waals surface area contributed by atoms with E-state index in [9.17, 15) is 17.4 Å². The zero-order valence-electron chi connectivity index (χ0n) is 17.2. The molecule has 4 aromatic heterocycles. The maximum Gasteiger partial charge on any atom is 0.257 e. The van der Waals surface area contributed by atoms with Gasteiger partial charge in [-0.1, -0.05) is 0 Å². The minimum Gasteiger partial charge on any atom is -0.276 e. The number of pyridine rings is 1. The predicted octanol–water partition coefficient (Wildman–Crippen LogP) is 3.52. The first-order chi connectivity index (χ1) is 15.2. The van der Waals surface area contributed by atoms with Crippen molar-refractivity contribution in [3.63, 3.8) is 0 Å². The van der Waals surface area contributed by atoms with E-state index in [0.717, 1.165) is 23.7 Å². The molecule has 0 saturated heterocycles. The van der Waals surface area contributed by atoms with Gasteiger partial charge in [-0.25, -0.2) is 22.4 Å². The van der Waals surface area contributed by atoms with Crippen LogP contribution in [0, 0.1) is 5.82 Å². The first kappa shape index (κ1) is 20.7. The fourth-order valence-corrected chi connectivity index (χ4v) is 5.35. The Bertz CT molecular complexity index is 1410. The zero-order valence-corrected chi connectivity index (χ0v) is 18.0. The van der Waals surface area contributed by atoms with Crippen LogP contribution in [0.4, 0.5) is 18.9 Å². The number of aromatic amines is 1. The maximum absolute atomic E-state index is 14.5. The van der Waals surface area contributed by atoms with Crippen molar-refractivity contribution in [1.29, 1.82) is 0 Å². The van der Waals surface area contributed by atoms with Gasteiger partial charge in [-0.2, -0.15) is 19.7 Å². The molecule has 1 aliphatic rings. The fourth-order valence-electron chi connectivity index (χ4n) is 3.66. The van der Waals surface area contributed by atoms with E-state index < -0.39 is 28.5 Å².